The van der Waals surface area contributed by atoms with Gasteiger partial charge in [-0.25, -0.2) is 4.79 Å². The van der Waals surface area contributed by atoms with Gasteiger partial charge in [0.25, 0.3) is 0 Å². The van der Waals surface area contributed by atoms with Crippen molar-refractivity contribution >= 4 is 11.9 Å². The van der Waals surface area contributed by atoms with E-state index in [1.807, 2.05) is 11.0 Å². The van der Waals surface area contributed by atoms with Gasteiger partial charge in [-0.05, 0) is 36.8 Å². The fourth-order valence-corrected chi connectivity index (χ4v) is 3.28. The number of hydrogen-bond acceptors (Lipinski definition) is 2. The van der Waals surface area contributed by atoms with Crippen molar-refractivity contribution in [3.05, 3.63) is 47.5 Å². The number of urea groups is 1. The molecule has 1 aromatic carbocycles. The van der Waals surface area contributed by atoms with Crippen molar-refractivity contribution < 1.29 is 9.59 Å². The first kappa shape index (κ1) is 16.6. The minimum Gasteiger partial charge on any atom is -0.338 e. The lowest BCUT2D eigenvalue weighted by atomic mass is 9.99. The number of carbonyl (C=O) groups excluding carboxylic acids is 2. The van der Waals surface area contributed by atoms with E-state index in [0.717, 1.165) is 25.8 Å². The predicted octanol–water partition coefficient (Wildman–Crippen LogP) is 2.37. The number of fused-ring (bicyclic) bond motifs is 1. The zero-order valence-corrected chi connectivity index (χ0v) is 14.0. The van der Waals surface area contributed by atoms with Gasteiger partial charge in [0.05, 0.1) is 0 Å². The van der Waals surface area contributed by atoms with Gasteiger partial charge in [0.2, 0.25) is 5.91 Å². The largest absolute Gasteiger partial charge is 0.338 e. The van der Waals surface area contributed by atoms with E-state index in [1.165, 1.54) is 11.1 Å². The number of nitrogens with zero attached hydrogens (tertiary/aromatic N) is 1. The molecule has 1 aromatic rings. The lowest BCUT2D eigenvalue weighted by Crippen LogP contribution is -2.41. The monoisotopic (exact) mass is 327 g/mol. The summed E-state index contributed by atoms with van der Waals surface area (Å²) in [5.74, 6) is 0.173. The molecule has 3 rings (SSSR count). The molecule has 0 atom stereocenters. The maximum Gasteiger partial charge on any atom is 0.315 e. The van der Waals surface area contributed by atoms with Gasteiger partial charge < -0.3 is 15.5 Å². The van der Waals surface area contributed by atoms with Gasteiger partial charge >= 0.3 is 6.03 Å². The van der Waals surface area contributed by atoms with Gasteiger partial charge in [0.1, 0.15) is 0 Å². The average molecular weight is 327 g/mol. The summed E-state index contributed by atoms with van der Waals surface area (Å²) in [6, 6.07) is 8.39. The van der Waals surface area contributed by atoms with E-state index in [1.54, 1.807) is 0 Å². The lowest BCUT2D eigenvalue weighted by Gasteiger charge is -2.29. The molecule has 0 saturated carbocycles. The molecule has 1 aliphatic carbocycles. The average Bonchev–Trinajstić information content (AvgIpc) is 3.11. The second-order valence-electron chi connectivity index (χ2n) is 6.48. The van der Waals surface area contributed by atoms with Gasteiger partial charge in [-0.3, -0.25) is 4.79 Å². The molecule has 24 heavy (non-hydrogen) atoms. The van der Waals surface area contributed by atoms with Gasteiger partial charge in [-0.1, -0.05) is 36.4 Å². The third-order valence-corrected chi connectivity index (χ3v) is 4.68. The second-order valence-corrected chi connectivity index (χ2v) is 6.48. The number of carbonyl (C=O) groups is 2. The molecule has 0 bridgehead atoms. The van der Waals surface area contributed by atoms with E-state index in [2.05, 4.69) is 41.0 Å². The highest BCUT2D eigenvalue weighted by Gasteiger charge is 2.20. The molecule has 0 unspecified atom stereocenters. The van der Waals surface area contributed by atoms with E-state index in [-0.39, 0.29) is 18.0 Å². The lowest BCUT2D eigenvalue weighted by molar-refractivity contribution is -0.132. The SMILES string of the molecule is O=C(NCCCC(=O)N1CCc2ccccc2C1)NC1CC=CC1. The first-order valence-electron chi connectivity index (χ1n) is 8.76. The van der Waals surface area contributed by atoms with Crippen LogP contribution < -0.4 is 10.6 Å². The number of benzene rings is 1. The summed E-state index contributed by atoms with van der Waals surface area (Å²) < 4.78 is 0. The van der Waals surface area contributed by atoms with Crippen molar-refractivity contribution in [1.29, 1.82) is 0 Å². The Labute approximate surface area is 143 Å². The molecule has 1 aliphatic heterocycles. The maximum atomic E-state index is 12.3. The molecule has 3 amide bonds. The maximum absolute atomic E-state index is 12.3. The normalized spacial score (nSPS) is 16.8. The molecule has 0 spiro atoms. The van der Waals surface area contributed by atoms with Crippen LogP contribution in [0.25, 0.3) is 0 Å². The Balaban J connectivity index is 1.33. The van der Waals surface area contributed by atoms with Crippen LogP contribution in [-0.4, -0.2) is 36.0 Å². The van der Waals surface area contributed by atoms with Crippen LogP contribution in [0.2, 0.25) is 0 Å². The summed E-state index contributed by atoms with van der Waals surface area (Å²) in [5.41, 5.74) is 2.60. The molecule has 0 radical (unpaired) electrons. The fraction of sp³-hybridized carbons (Fsp3) is 0.474. The van der Waals surface area contributed by atoms with E-state index in [9.17, 15) is 9.59 Å². The summed E-state index contributed by atoms with van der Waals surface area (Å²) in [6.07, 6.45) is 8.06. The van der Waals surface area contributed by atoms with Crippen molar-refractivity contribution in [2.24, 2.45) is 0 Å². The highest BCUT2D eigenvalue weighted by atomic mass is 16.2. The molecule has 5 heteroatoms. The molecule has 5 nitrogen and oxygen atoms in total. The first-order chi connectivity index (χ1) is 11.7. The Bertz CT molecular complexity index is 619. The first-order valence-corrected chi connectivity index (χ1v) is 8.76. The second kappa shape index (κ2) is 7.99. The van der Waals surface area contributed by atoms with Gasteiger partial charge in [-0.15, -0.1) is 0 Å². The third kappa shape index (κ3) is 4.37. The van der Waals surface area contributed by atoms with Crippen molar-refractivity contribution in [3.63, 3.8) is 0 Å². The Morgan fingerprint density at radius 2 is 1.88 bits per heavy atom. The Morgan fingerprint density at radius 3 is 2.67 bits per heavy atom. The standard InChI is InChI=1S/C19H25N3O2/c23-18(22-13-11-15-6-1-2-7-16(15)14-22)10-5-12-20-19(24)21-17-8-3-4-9-17/h1-4,6-7,17H,5,8-14H2,(H2,20,21,24). The van der Waals surface area contributed by atoms with Crippen molar-refractivity contribution in [2.45, 2.75) is 44.7 Å². The minimum atomic E-state index is -0.136. The summed E-state index contributed by atoms with van der Waals surface area (Å²) >= 11 is 0. The highest BCUT2D eigenvalue weighted by molar-refractivity contribution is 5.77. The van der Waals surface area contributed by atoms with E-state index >= 15 is 0 Å². The van der Waals surface area contributed by atoms with Crippen LogP contribution in [0.4, 0.5) is 4.79 Å². The van der Waals surface area contributed by atoms with Crippen LogP contribution in [0.15, 0.2) is 36.4 Å². The molecule has 2 aliphatic rings. The van der Waals surface area contributed by atoms with E-state index < -0.39 is 0 Å². The Hall–Kier alpha value is -2.30. The predicted molar refractivity (Wildman–Crippen MR) is 93.5 cm³/mol. The van der Waals surface area contributed by atoms with Gasteiger partial charge in [0.15, 0.2) is 0 Å². The molecule has 128 valence electrons. The smallest absolute Gasteiger partial charge is 0.315 e. The minimum absolute atomic E-state index is 0.136. The van der Waals surface area contributed by atoms with Gasteiger partial charge in [0, 0.05) is 32.1 Å². The van der Waals surface area contributed by atoms with Gasteiger partial charge in [-0.2, -0.15) is 0 Å². The molecule has 2 N–H and O–H groups in total. The number of amides is 3. The summed E-state index contributed by atoms with van der Waals surface area (Å²) in [5, 5.41) is 5.77. The number of hydrogen-bond donors (Lipinski definition) is 2. The fourth-order valence-electron chi connectivity index (χ4n) is 3.28. The topological polar surface area (TPSA) is 61.4 Å². The zero-order chi connectivity index (χ0) is 16.8. The van der Waals surface area contributed by atoms with Crippen molar-refractivity contribution in [1.82, 2.24) is 15.5 Å². The van der Waals surface area contributed by atoms with Crippen LogP contribution in [0.3, 0.4) is 0 Å². The summed E-state index contributed by atoms with van der Waals surface area (Å²) in [4.78, 5) is 26.0. The summed E-state index contributed by atoms with van der Waals surface area (Å²) in [6.45, 7) is 2.03. The Morgan fingerprint density at radius 1 is 1.12 bits per heavy atom. The molecule has 0 aromatic heterocycles. The van der Waals surface area contributed by atoms with Crippen LogP contribution in [0.1, 0.15) is 36.8 Å². The van der Waals surface area contributed by atoms with Crippen LogP contribution in [-0.2, 0) is 17.8 Å². The van der Waals surface area contributed by atoms with E-state index in [0.29, 0.717) is 25.9 Å². The van der Waals surface area contributed by atoms with Crippen molar-refractivity contribution in [2.75, 3.05) is 13.1 Å². The summed E-state index contributed by atoms with van der Waals surface area (Å²) in [7, 11) is 0. The number of rotatable bonds is 5. The van der Waals surface area contributed by atoms with Crippen LogP contribution >= 0.6 is 0 Å². The quantitative estimate of drug-likeness (QED) is 0.644. The van der Waals surface area contributed by atoms with E-state index in [4.69, 9.17) is 0 Å². The number of nitrogens with one attached hydrogen (secondary N) is 2. The highest BCUT2D eigenvalue weighted by Crippen LogP contribution is 2.19. The van der Waals surface area contributed by atoms with Crippen LogP contribution in [0, 0.1) is 0 Å². The molecular formula is C19H25N3O2. The zero-order valence-electron chi connectivity index (χ0n) is 14.0. The molecule has 0 saturated heterocycles. The van der Waals surface area contributed by atoms with Crippen molar-refractivity contribution in [3.8, 4) is 0 Å². The molecule has 1 heterocycles. The third-order valence-electron chi connectivity index (χ3n) is 4.68. The molecular weight excluding hydrogens is 302 g/mol. The Kier molecular flexibility index (Phi) is 5.51. The molecule has 0 fully saturated rings. The van der Waals surface area contributed by atoms with Crippen LogP contribution in [0.5, 0.6) is 0 Å².